The Bertz CT molecular complexity index is 789. The molecule has 0 amide bonds. The first kappa shape index (κ1) is 15.0. The van der Waals surface area contributed by atoms with E-state index in [1.807, 2.05) is 38.1 Å². The smallest absolute Gasteiger partial charge is 0.182 e. The van der Waals surface area contributed by atoms with Crippen LogP contribution in [0.5, 0.6) is 0 Å². The fourth-order valence-electron chi connectivity index (χ4n) is 2.95. The van der Waals surface area contributed by atoms with Gasteiger partial charge in [-0.25, -0.2) is 8.42 Å². The van der Waals surface area contributed by atoms with Crippen molar-refractivity contribution in [2.24, 2.45) is 5.92 Å². The van der Waals surface area contributed by atoms with Gasteiger partial charge < -0.3 is 4.79 Å². The number of benzene rings is 2. The van der Waals surface area contributed by atoms with Gasteiger partial charge in [0.25, 0.3) is 0 Å². The maximum absolute atomic E-state index is 12.8. The molecule has 0 spiro atoms. The molecule has 1 aliphatic carbocycles. The van der Waals surface area contributed by atoms with Crippen LogP contribution in [0.15, 0.2) is 53.4 Å². The van der Waals surface area contributed by atoms with Crippen LogP contribution in [-0.2, 0) is 14.6 Å². The molecule has 2 aromatic rings. The summed E-state index contributed by atoms with van der Waals surface area (Å²) < 4.78 is 25.5. The second-order valence-electron chi connectivity index (χ2n) is 5.97. The summed E-state index contributed by atoms with van der Waals surface area (Å²) >= 11 is 0. The number of hydrogen-bond acceptors (Lipinski definition) is 3. The molecule has 0 saturated heterocycles. The highest BCUT2D eigenvalue weighted by Crippen LogP contribution is 2.52. The second kappa shape index (κ2) is 5.36. The van der Waals surface area contributed by atoms with Gasteiger partial charge in [-0.2, -0.15) is 0 Å². The fraction of sp³-hybridized carbons (Fsp3) is 0.278. The van der Waals surface area contributed by atoms with Gasteiger partial charge in [0.05, 0.1) is 10.1 Å². The normalized spacial score (nSPS) is 24.0. The molecule has 0 N–H and O–H groups in total. The minimum absolute atomic E-state index is 0.232. The van der Waals surface area contributed by atoms with Crippen molar-refractivity contribution in [3.05, 3.63) is 65.2 Å². The zero-order chi connectivity index (χ0) is 15.9. The Morgan fingerprint density at radius 1 is 0.864 bits per heavy atom. The van der Waals surface area contributed by atoms with E-state index in [4.69, 9.17) is 0 Å². The average Bonchev–Trinajstić information content (AvgIpc) is 3.24. The van der Waals surface area contributed by atoms with Crippen molar-refractivity contribution in [2.45, 2.75) is 29.9 Å². The predicted octanol–water partition coefficient (Wildman–Crippen LogP) is 3.06. The van der Waals surface area contributed by atoms with Crippen molar-refractivity contribution in [2.75, 3.05) is 0 Å². The molecule has 22 heavy (non-hydrogen) atoms. The second-order valence-corrected chi connectivity index (χ2v) is 8.08. The summed E-state index contributed by atoms with van der Waals surface area (Å²) in [4.78, 5) is 11.6. The highest BCUT2D eigenvalue weighted by molar-refractivity contribution is 7.92. The Morgan fingerprint density at radius 3 is 1.86 bits per heavy atom. The van der Waals surface area contributed by atoms with Gasteiger partial charge in [0.15, 0.2) is 9.84 Å². The van der Waals surface area contributed by atoms with Gasteiger partial charge in [-0.15, -0.1) is 0 Å². The predicted molar refractivity (Wildman–Crippen MR) is 85.6 cm³/mol. The lowest BCUT2D eigenvalue weighted by atomic mass is 10.1. The lowest BCUT2D eigenvalue weighted by molar-refractivity contribution is -0.108. The van der Waals surface area contributed by atoms with E-state index in [9.17, 15) is 13.2 Å². The molecule has 3 atom stereocenters. The highest BCUT2D eigenvalue weighted by Gasteiger charge is 2.58. The summed E-state index contributed by atoms with van der Waals surface area (Å²) in [6, 6.07) is 14.5. The molecule has 4 heteroatoms. The number of rotatable bonds is 4. The van der Waals surface area contributed by atoms with Gasteiger partial charge in [0.2, 0.25) is 0 Å². The third kappa shape index (κ3) is 2.48. The van der Waals surface area contributed by atoms with Crippen molar-refractivity contribution in [3.63, 3.8) is 0 Å². The highest BCUT2D eigenvalue weighted by atomic mass is 32.2. The van der Waals surface area contributed by atoms with E-state index >= 15 is 0 Å². The maximum Gasteiger partial charge on any atom is 0.182 e. The van der Waals surface area contributed by atoms with Crippen LogP contribution >= 0.6 is 0 Å². The van der Waals surface area contributed by atoms with Crippen LogP contribution in [0.3, 0.4) is 0 Å². The summed E-state index contributed by atoms with van der Waals surface area (Å²) in [6.45, 7) is 3.89. The molecule has 0 bridgehead atoms. The molecule has 114 valence electrons. The molecular formula is C18H18O3S. The standard InChI is InChI=1S/C18H18O3S/c1-12-3-7-14(8-4-12)17-16(11-19)18(17)22(20,21)15-9-5-13(2)6-10-15/h3-11,16-18H,1-2H3/t16-,17+,18+/m0/s1. The van der Waals surface area contributed by atoms with Crippen LogP contribution in [0.1, 0.15) is 22.6 Å². The minimum Gasteiger partial charge on any atom is -0.303 e. The van der Waals surface area contributed by atoms with Gasteiger partial charge in [-0.3, -0.25) is 0 Å². The van der Waals surface area contributed by atoms with Crippen molar-refractivity contribution in [1.29, 1.82) is 0 Å². The van der Waals surface area contributed by atoms with Crippen LogP contribution in [-0.4, -0.2) is 20.0 Å². The van der Waals surface area contributed by atoms with Crippen molar-refractivity contribution in [3.8, 4) is 0 Å². The first-order chi connectivity index (χ1) is 10.4. The van der Waals surface area contributed by atoms with Crippen molar-refractivity contribution in [1.82, 2.24) is 0 Å². The molecule has 0 heterocycles. The van der Waals surface area contributed by atoms with Gasteiger partial charge in [0, 0.05) is 11.8 Å². The minimum atomic E-state index is -3.48. The largest absolute Gasteiger partial charge is 0.303 e. The quantitative estimate of drug-likeness (QED) is 0.815. The monoisotopic (exact) mass is 314 g/mol. The molecule has 0 unspecified atom stereocenters. The Kier molecular flexibility index (Phi) is 3.65. The van der Waals surface area contributed by atoms with E-state index < -0.39 is 21.0 Å². The molecule has 3 rings (SSSR count). The third-order valence-corrected chi connectivity index (χ3v) is 6.59. The van der Waals surface area contributed by atoms with E-state index in [1.165, 1.54) is 0 Å². The summed E-state index contributed by atoms with van der Waals surface area (Å²) in [7, 11) is -3.48. The Labute approximate surface area is 130 Å². The van der Waals surface area contributed by atoms with E-state index in [0.29, 0.717) is 4.90 Å². The van der Waals surface area contributed by atoms with Gasteiger partial charge >= 0.3 is 0 Å². The zero-order valence-electron chi connectivity index (χ0n) is 12.6. The van der Waals surface area contributed by atoms with Crippen LogP contribution < -0.4 is 0 Å². The summed E-state index contributed by atoms with van der Waals surface area (Å²) in [5.41, 5.74) is 3.05. The number of carbonyl (C=O) groups is 1. The first-order valence-electron chi connectivity index (χ1n) is 7.27. The lowest BCUT2D eigenvalue weighted by Gasteiger charge is -2.05. The summed E-state index contributed by atoms with van der Waals surface area (Å²) in [5.74, 6) is -0.682. The number of hydrogen-bond donors (Lipinski definition) is 0. The maximum atomic E-state index is 12.8. The van der Waals surface area contributed by atoms with E-state index in [2.05, 4.69) is 0 Å². The van der Waals surface area contributed by atoms with E-state index in [0.717, 1.165) is 23.0 Å². The molecule has 3 nitrogen and oxygen atoms in total. The van der Waals surface area contributed by atoms with Gasteiger partial charge in [0.1, 0.15) is 6.29 Å². The summed E-state index contributed by atoms with van der Waals surface area (Å²) in [5, 5.41) is -0.643. The Hall–Kier alpha value is -1.94. The number of carbonyl (C=O) groups excluding carboxylic acids is 1. The van der Waals surface area contributed by atoms with Crippen LogP contribution in [0.25, 0.3) is 0 Å². The van der Waals surface area contributed by atoms with Crippen LogP contribution in [0.2, 0.25) is 0 Å². The van der Waals surface area contributed by atoms with Crippen molar-refractivity contribution < 1.29 is 13.2 Å². The number of sulfone groups is 1. The SMILES string of the molecule is Cc1ccc([C@@H]2[C@H](C=O)[C@H]2S(=O)(=O)c2ccc(C)cc2)cc1. The fourth-order valence-corrected chi connectivity index (χ4v) is 5.06. The molecule has 2 aromatic carbocycles. The molecule has 0 aliphatic heterocycles. The average molecular weight is 314 g/mol. The van der Waals surface area contributed by atoms with E-state index in [1.54, 1.807) is 24.3 Å². The van der Waals surface area contributed by atoms with Crippen LogP contribution in [0.4, 0.5) is 0 Å². The lowest BCUT2D eigenvalue weighted by Crippen LogP contribution is -2.11. The third-order valence-electron chi connectivity index (χ3n) is 4.33. The molecule has 1 fully saturated rings. The molecule has 0 radical (unpaired) electrons. The molecule has 1 saturated carbocycles. The Morgan fingerprint density at radius 2 is 1.36 bits per heavy atom. The summed E-state index contributed by atoms with van der Waals surface area (Å²) in [6.07, 6.45) is 0.779. The Balaban J connectivity index is 1.95. The van der Waals surface area contributed by atoms with Crippen LogP contribution in [0, 0.1) is 19.8 Å². The zero-order valence-corrected chi connectivity index (χ0v) is 13.4. The van der Waals surface area contributed by atoms with Gasteiger partial charge in [-0.05, 0) is 31.5 Å². The van der Waals surface area contributed by atoms with E-state index in [-0.39, 0.29) is 5.92 Å². The first-order valence-corrected chi connectivity index (χ1v) is 8.82. The molecular weight excluding hydrogens is 296 g/mol. The van der Waals surface area contributed by atoms with Crippen molar-refractivity contribution >= 4 is 16.1 Å². The van der Waals surface area contributed by atoms with Gasteiger partial charge in [-0.1, -0.05) is 47.5 Å². The number of aldehydes is 1. The molecule has 1 aliphatic rings. The number of aryl methyl sites for hydroxylation is 2. The molecule has 0 aromatic heterocycles. The topological polar surface area (TPSA) is 51.2 Å².